The molecule has 0 saturated heterocycles. The van der Waals surface area contributed by atoms with Crippen LogP contribution in [0, 0.1) is 40.4 Å². The van der Waals surface area contributed by atoms with Crippen molar-refractivity contribution in [3.63, 3.8) is 0 Å². The maximum atomic E-state index is 13.6. The number of unbranched alkanes of at least 4 members (excludes halogenated alkanes) is 6. The average molecular weight is 814 g/mol. The molecule has 0 bridgehead atoms. The second kappa shape index (κ2) is 22.0. The molecular weight excluding hydrogens is 727 g/mol. The maximum Gasteiger partial charge on any atom is 0.407 e. The van der Waals surface area contributed by atoms with E-state index in [-0.39, 0.29) is 30.1 Å². The third kappa shape index (κ3) is 15.0. The summed E-state index contributed by atoms with van der Waals surface area (Å²) < 4.78 is 17.0. The standard InChI is InChI=1S/C49H87N3O6/c1-36(2)20-15-16-21-37-23-25-41-40-24-22-38-34-39(26-28-49(38,10)42(40)27-29-48(37,41)9)56-43(53)35-52(33-19-31-51-45(55)58-47(6,7)8)32-18-14-12-11-13-17-30-50-44(54)57-46(3,4)5/h22,36-37,39-42H,11-21,23-35H2,1-10H3,(H,50,54)(H,51,55). The lowest BCUT2D eigenvalue weighted by molar-refractivity contribution is -0.152. The van der Waals surface area contributed by atoms with E-state index < -0.39 is 17.3 Å². The zero-order chi connectivity index (χ0) is 42.6. The van der Waals surface area contributed by atoms with E-state index in [2.05, 4.69) is 49.3 Å². The van der Waals surface area contributed by atoms with E-state index in [1.54, 1.807) is 5.57 Å². The summed E-state index contributed by atoms with van der Waals surface area (Å²) in [4.78, 5) is 39.8. The van der Waals surface area contributed by atoms with Gasteiger partial charge < -0.3 is 24.8 Å². The summed E-state index contributed by atoms with van der Waals surface area (Å²) in [5, 5.41) is 5.71. The molecule has 4 aliphatic carbocycles. The van der Waals surface area contributed by atoms with Crippen LogP contribution in [-0.2, 0) is 19.0 Å². The number of rotatable bonds is 21. The van der Waals surface area contributed by atoms with E-state index in [1.165, 1.54) is 57.8 Å². The molecular formula is C49H87N3O6. The monoisotopic (exact) mass is 814 g/mol. The maximum absolute atomic E-state index is 13.6. The lowest BCUT2D eigenvalue weighted by Crippen LogP contribution is -2.50. The zero-order valence-corrected chi connectivity index (χ0v) is 38.9. The Morgan fingerprint density at radius 3 is 2.03 bits per heavy atom. The Labute approximate surface area is 354 Å². The summed E-state index contributed by atoms with van der Waals surface area (Å²) in [6, 6.07) is 0. The number of fused-ring (bicyclic) bond motifs is 5. The number of ether oxygens (including phenoxy) is 3. The molecule has 2 amide bonds. The van der Waals surface area contributed by atoms with Gasteiger partial charge in [-0.1, -0.05) is 84.3 Å². The molecule has 2 N–H and O–H groups in total. The molecule has 3 saturated carbocycles. The number of esters is 1. The zero-order valence-electron chi connectivity index (χ0n) is 38.9. The van der Waals surface area contributed by atoms with Crippen LogP contribution in [0.3, 0.4) is 0 Å². The van der Waals surface area contributed by atoms with Crippen molar-refractivity contribution in [1.29, 1.82) is 0 Å². The summed E-state index contributed by atoms with van der Waals surface area (Å²) in [5.41, 5.74) is 1.31. The molecule has 9 heteroatoms. The molecule has 7 unspecified atom stereocenters. The number of nitrogens with one attached hydrogen (secondary N) is 2. The number of alkyl carbamates (subject to hydrolysis) is 2. The largest absolute Gasteiger partial charge is 0.461 e. The van der Waals surface area contributed by atoms with Crippen molar-refractivity contribution in [3.8, 4) is 0 Å². The third-order valence-corrected chi connectivity index (χ3v) is 14.4. The summed E-state index contributed by atoms with van der Waals surface area (Å²) in [5.74, 6) is 4.04. The van der Waals surface area contributed by atoms with Gasteiger partial charge in [-0.05, 0) is 159 Å². The minimum absolute atomic E-state index is 0.0422. The van der Waals surface area contributed by atoms with Crippen LogP contribution >= 0.6 is 0 Å². The van der Waals surface area contributed by atoms with E-state index in [1.807, 2.05) is 41.5 Å². The minimum atomic E-state index is -0.537. The first-order valence-electron chi connectivity index (χ1n) is 23.8. The van der Waals surface area contributed by atoms with Crippen LogP contribution in [0.25, 0.3) is 0 Å². The van der Waals surface area contributed by atoms with Gasteiger partial charge in [-0.2, -0.15) is 0 Å². The highest BCUT2D eigenvalue weighted by atomic mass is 16.6. The van der Waals surface area contributed by atoms with Crippen molar-refractivity contribution in [2.45, 2.75) is 209 Å². The van der Waals surface area contributed by atoms with Crippen LogP contribution in [-0.4, -0.2) is 73.1 Å². The van der Waals surface area contributed by atoms with Crippen LogP contribution in [0.15, 0.2) is 11.6 Å². The summed E-state index contributed by atoms with van der Waals surface area (Å²) in [6.07, 6.45) is 24.2. The molecule has 0 spiro atoms. The van der Waals surface area contributed by atoms with Crippen LogP contribution < -0.4 is 10.6 Å². The normalized spacial score (nSPS) is 28.3. The Morgan fingerprint density at radius 1 is 0.759 bits per heavy atom. The predicted molar refractivity (Wildman–Crippen MR) is 236 cm³/mol. The predicted octanol–water partition coefficient (Wildman–Crippen LogP) is 11.8. The Morgan fingerprint density at radius 2 is 1.38 bits per heavy atom. The fourth-order valence-corrected chi connectivity index (χ4v) is 11.4. The van der Waals surface area contributed by atoms with Crippen molar-refractivity contribution in [2.24, 2.45) is 40.4 Å². The van der Waals surface area contributed by atoms with Gasteiger partial charge in [0, 0.05) is 26.1 Å². The highest BCUT2D eigenvalue weighted by Crippen LogP contribution is 2.66. The first-order valence-corrected chi connectivity index (χ1v) is 23.8. The van der Waals surface area contributed by atoms with Crippen molar-refractivity contribution < 1.29 is 28.6 Å². The molecule has 0 aromatic carbocycles. The summed E-state index contributed by atoms with van der Waals surface area (Å²) in [7, 11) is 0. The van der Waals surface area contributed by atoms with Gasteiger partial charge in [0.2, 0.25) is 0 Å². The van der Waals surface area contributed by atoms with Gasteiger partial charge in [-0.15, -0.1) is 0 Å². The lowest BCUT2D eigenvalue weighted by atomic mass is 9.47. The number of amides is 2. The quantitative estimate of drug-likeness (QED) is 0.0514. The molecule has 4 rings (SSSR count). The number of allylic oxidation sites excluding steroid dienone is 1. The fourth-order valence-electron chi connectivity index (χ4n) is 11.4. The Balaban J connectivity index is 1.23. The van der Waals surface area contributed by atoms with Gasteiger partial charge in [0.15, 0.2) is 0 Å². The average Bonchev–Trinajstić information content (AvgIpc) is 3.45. The molecule has 9 nitrogen and oxygen atoms in total. The number of carbonyl (C=O) groups is 3. The van der Waals surface area contributed by atoms with Crippen LogP contribution in [0.5, 0.6) is 0 Å². The van der Waals surface area contributed by atoms with E-state index in [4.69, 9.17) is 14.2 Å². The van der Waals surface area contributed by atoms with Crippen LogP contribution in [0.1, 0.15) is 191 Å². The second-order valence-corrected chi connectivity index (χ2v) is 21.7. The number of hydrogen-bond donors (Lipinski definition) is 2. The molecule has 0 heterocycles. The van der Waals surface area contributed by atoms with E-state index in [0.29, 0.717) is 25.0 Å². The third-order valence-electron chi connectivity index (χ3n) is 14.4. The molecule has 0 radical (unpaired) electrons. The molecule has 334 valence electrons. The second-order valence-electron chi connectivity index (χ2n) is 21.7. The number of carbonyl (C=O) groups excluding carboxylic acids is 3. The van der Waals surface area contributed by atoms with Gasteiger partial charge >= 0.3 is 18.2 Å². The van der Waals surface area contributed by atoms with Crippen molar-refractivity contribution >= 4 is 18.2 Å². The molecule has 7 atom stereocenters. The SMILES string of the molecule is CC(C)CCCCC1CCC2C3CC=C4CC(OC(=O)CN(CCCCCCCCNC(=O)OC(C)(C)C)CCCNC(=O)OC(C)(C)C)CCC4(C)C3CCC12C. The van der Waals surface area contributed by atoms with Crippen LogP contribution in [0.4, 0.5) is 9.59 Å². The summed E-state index contributed by atoms with van der Waals surface area (Å²) >= 11 is 0. The van der Waals surface area contributed by atoms with E-state index in [9.17, 15) is 14.4 Å². The lowest BCUT2D eigenvalue weighted by Gasteiger charge is -2.58. The van der Waals surface area contributed by atoms with E-state index in [0.717, 1.165) is 100 Å². The van der Waals surface area contributed by atoms with Gasteiger partial charge in [-0.25, -0.2) is 9.59 Å². The van der Waals surface area contributed by atoms with Gasteiger partial charge in [-0.3, -0.25) is 9.69 Å². The topological polar surface area (TPSA) is 106 Å². The van der Waals surface area contributed by atoms with Crippen LogP contribution in [0.2, 0.25) is 0 Å². The molecule has 58 heavy (non-hydrogen) atoms. The Hall–Kier alpha value is -2.29. The molecule has 0 aliphatic heterocycles. The fraction of sp³-hybridized carbons (Fsp3) is 0.898. The van der Waals surface area contributed by atoms with Gasteiger partial charge in [0.1, 0.15) is 17.3 Å². The highest BCUT2D eigenvalue weighted by molar-refractivity contribution is 5.72. The first-order chi connectivity index (χ1) is 27.3. The van der Waals surface area contributed by atoms with Crippen molar-refractivity contribution in [1.82, 2.24) is 15.5 Å². The molecule has 0 aromatic rings. The minimum Gasteiger partial charge on any atom is -0.461 e. The highest BCUT2D eigenvalue weighted by Gasteiger charge is 2.58. The van der Waals surface area contributed by atoms with E-state index >= 15 is 0 Å². The first kappa shape index (κ1) is 48.4. The van der Waals surface area contributed by atoms with Crippen molar-refractivity contribution in [2.75, 3.05) is 32.7 Å². The Kier molecular flexibility index (Phi) is 18.3. The van der Waals surface area contributed by atoms with Gasteiger partial charge in [0.05, 0.1) is 6.54 Å². The molecule has 0 aromatic heterocycles. The number of nitrogens with zero attached hydrogens (tertiary/aromatic N) is 1. The molecule has 4 aliphatic rings. The van der Waals surface area contributed by atoms with Crippen molar-refractivity contribution in [3.05, 3.63) is 11.6 Å². The van der Waals surface area contributed by atoms with Gasteiger partial charge in [0.25, 0.3) is 0 Å². The molecule has 3 fully saturated rings. The Bertz CT molecular complexity index is 1330. The number of hydrogen-bond acceptors (Lipinski definition) is 7. The smallest absolute Gasteiger partial charge is 0.407 e. The summed E-state index contributed by atoms with van der Waals surface area (Å²) in [6.45, 7) is 24.1.